The number of hydrogen-bond acceptors (Lipinski definition) is 3. The number of anilines is 1. The molecule has 0 aliphatic carbocycles. The van der Waals surface area contributed by atoms with Crippen LogP contribution in [0.4, 0.5) is 5.82 Å². The Bertz CT molecular complexity index is 323. The molecule has 15 heavy (non-hydrogen) atoms. The minimum Gasteiger partial charge on any atom is -0.383 e. The van der Waals surface area contributed by atoms with Gasteiger partial charge in [-0.05, 0) is 30.9 Å². The molecule has 1 rings (SSSR count). The number of carbonyl (C=O) groups is 1. The van der Waals surface area contributed by atoms with Crippen LogP contribution in [0.2, 0.25) is 0 Å². The number of nitrogens with two attached hydrogens (primary N) is 1. The van der Waals surface area contributed by atoms with Gasteiger partial charge in [0.05, 0.1) is 0 Å². The van der Waals surface area contributed by atoms with Crippen molar-refractivity contribution in [3.05, 3.63) is 23.9 Å². The normalized spacial score (nSPS) is 10.2. The van der Waals surface area contributed by atoms with E-state index in [1.165, 1.54) is 0 Å². The van der Waals surface area contributed by atoms with Crippen LogP contribution in [0.1, 0.15) is 38.2 Å². The molecule has 2 N–H and O–H groups in total. The number of hydrogen-bond donors (Lipinski definition) is 1. The lowest BCUT2D eigenvalue weighted by Crippen LogP contribution is -2.00. The Kier molecular flexibility index (Phi) is 4.81. The van der Waals surface area contributed by atoms with Crippen LogP contribution in [0.3, 0.4) is 0 Å². The second-order valence-corrected chi connectivity index (χ2v) is 3.69. The fraction of sp³-hybridized carbons (Fsp3) is 0.500. The zero-order chi connectivity index (χ0) is 11.1. The SMILES string of the molecule is CCCC(=O)CCCc1cccnc1N. The van der Waals surface area contributed by atoms with E-state index in [0.717, 1.165) is 24.8 Å². The molecule has 0 amide bonds. The summed E-state index contributed by atoms with van der Waals surface area (Å²) in [6.45, 7) is 2.02. The molecule has 0 aliphatic rings. The van der Waals surface area contributed by atoms with E-state index in [2.05, 4.69) is 4.98 Å². The van der Waals surface area contributed by atoms with Gasteiger partial charge in [-0.25, -0.2) is 4.98 Å². The predicted molar refractivity (Wildman–Crippen MR) is 61.5 cm³/mol. The minimum absolute atomic E-state index is 0.347. The maximum atomic E-state index is 11.3. The van der Waals surface area contributed by atoms with Gasteiger partial charge in [0.15, 0.2) is 0 Å². The number of rotatable bonds is 6. The van der Waals surface area contributed by atoms with Gasteiger partial charge in [0, 0.05) is 19.0 Å². The Hall–Kier alpha value is -1.38. The molecule has 0 spiro atoms. The van der Waals surface area contributed by atoms with Crippen molar-refractivity contribution in [2.45, 2.75) is 39.0 Å². The number of nitrogen functional groups attached to an aromatic ring is 1. The lowest BCUT2D eigenvalue weighted by molar-refractivity contribution is -0.119. The number of aromatic nitrogens is 1. The molecule has 0 unspecified atom stereocenters. The largest absolute Gasteiger partial charge is 0.383 e. The molecule has 3 nitrogen and oxygen atoms in total. The summed E-state index contributed by atoms with van der Waals surface area (Å²) in [6, 6.07) is 3.84. The van der Waals surface area contributed by atoms with E-state index < -0.39 is 0 Å². The topological polar surface area (TPSA) is 56.0 Å². The number of ketones is 1. The Balaban J connectivity index is 2.32. The molecular formula is C12H18N2O. The monoisotopic (exact) mass is 206 g/mol. The Labute approximate surface area is 90.7 Å². The molecule has 0 saturated carbocycles. The van der Waals surface area contributed by atoms with Gasteiger partial charge in [-0.3, -0.25) is 4.79 Å². The van der Waals surface area contributed by atoms with Crippen LogP contribution in [0.5, 0.6) is 0 Å². The third-order valence-electron chi connectivity index (χ3n) is 2.36. The first-order valence-corrected chi connectivity index (χ1v) is 5.45. The Morgan fingerprint density at radius 3 is 2.93 bits per heavy atom. The van der Waals surface area contributed by atoms with Crippen LogP contribution in [-0.2, 0) is 11.2 Å². The van der Waals surface area contributed by atoms with Gasteiger partial charge < -0.3 is 5.73 Å². The molecule has 1 aromatic rings. The van der Waals surface area contributed by atoms with E-state index in [4.69, 9.17) is 5.73 Å². The fourth-order valence-corrected chi connectivity index (χ4v) is 1.54. The lowest BCUT2D eigenvalue weighted by Gasteiger charge is -2.03. The standard InChI is InChI=1S/C12H18N2O/c1-2-5-11(15)8-3-6-10-7-4-9-14-12(10)13/h4,7,9H,2-3,5-6,8H2,1H3,(H2,13,14). The summed E-state index contributed by atoms with van der Waals surface area (Å²) >= 11 is 0. The molecule has 82 valence electrons. The highest BCUT2D eigenvalue weighted by Crippen LogP contribution is 2.11. The molecular weight excluding hydrogens is 188 g/mol. The third kappa shape index (κ3) is 4.11. The third-order valence-corrected chi connectivity index (χ3v) is 2.36. The first kappa shape index (κ1) is 11.7. The first-order chi connectivity index (χ1) is 7.24. The minimum atomic E-state index is 0.347. The van der Waals surface area contributed by atoms with Gasteiger partial charge in [0.25, 0.3) is 0 Å². The summed E-state index contributed by atoms with van der Waals surface area (Å²) in [6.07, 6.45) is 5.68. The van der Waals surface area contributed by atoms with Crippen LogP contribution in [0, 0.1) is 0 Å². The number of carbonyl (C=O) groups excluding carboxylic acids is 1. The summed E-state index contributed by atoms with van der Waals surface area (Å²) < 4.78 is 0. The van der Waals surface area contributed by atoms with Crippen molar-refractivity contribution in [3.8, 4) is 0 Å². The molecule has 0 aromatic carbocycles. The van der Waals surface area contributed by atoms with E-state index in [1.807, 2.05) is 19.1 Å². The lowest BCUT2D eigenvalue weighted by atomic mass is 10.1. The predicted octanol–water partition coefficient (Wildman–Crippen LogP) is 2.36. The van der Waals surface area contributed by atoms with E-state index in [1.54, 1.807) is 6.20 Å². The summed E-state index contributed by atoms with van der Waals surface area (Å²) in [5.41, 5.74) is 6.74. The van der Waals surface area contributed by atoms with Crippen molar-refractivity contribution in [2.24, 2.45) is 0 Å². The molecule has 1 aromatic heterocycles. The molecule has 0 fully saturated rings. The molecule has 0 aliphatic heterocycles. The number of nitrogens with zero attached hydrogens (tertiary/aromatic N) is 1. The fourth-order valence-electron chi connectivity index (χ4n) is 1.54. The molecule has 0 saturated heterocycles. The van der Waals surface area contributed by atoms with Crippen LogP contribution in [-0.4, -0.2) is 10.8 Å². The Morgan fingerprint density at radius 1 is 1.47 bits per heavy atom. The van der Waals surface area contributed by atoms with Crippen LogP contribution in [0.15, 0.2) is 18.3 Å². The molecule has 0 radical (unpaired) electrons. The number of pyridine rings is 1. The van der Waals surface area contributed by atoms with Crippen LogP contribution < -0.4 is 5.73 Å². The summed E-state index contributed by atoms with van der Waals surface area (Å²) in [5.74, 6) is 0.931. The van der Waals surface area contributed by atoms with Crippen molar-refractivity contribution < 1.29 is 4.79 Å². The maximum absolute atomic E-state index is 11.3. The van der Waals surface area contributed by atoms with Gasteiger partial charge in [-0.2, -0.15) is 0 Å². The second kappa shape index (κ2) is 6.17. The van der Waals surface area contributed by atoms with Gasteiger partial charge in [0.1, 0.15) is 11.6 Å². The van der Waals surface area contributed by atoms with Crippen LogP contribution >= 0.6 is 0 Å². The van der Waals surface area contributed by atoms with E-state index >= 15 is 0 Å². The van der Waals surface area contributed by atoms with E-state index in [0.29, 0.717) is 24.4 Å². The molecule has 0 bridgehead atoms. The van der Waals surface area contributed by atoms with Gasteiger partial charge in [0.2, 0.25) is 0 Å². The number of Topliss-reactive ketones (excluding diaryl/α,β-unsaturated/α-hetero) is 1. The van der Waals surface area contributed by atoms with Crippen molar-refractivity contribution in [3.63, 3.8) is 0 Å². The second-order valence-electron chi connectivity index (χ2n) is 3.69. The Morgan fingerprint density at radius 2 is 2.27 bits per heavy atom. The van der Waals surface area contributed by atoms with Crippen molar-refractivity contribution >= 4 is 11.6 Å². The van der Waals surface area contributed by atoms with Gasteiger partial charge in [-0.1, -0.05) is 13.0 Å². The van der Waals surface area contributed by atoms with Crippen LogP contribution in [0.25, 0.3) is 0 Å². The zero-order valence-electron chi connectivity index (χ0n) is 9.20. The molecule has 0 atom stereocenters. The average Bonchev–Trinajstić information content (AvgIpc) is 2.21. The van der Waals surface area contributed by atoms with E-state index in [-0.39, 0.29) is 0 Å². The zero-order valence-corrected chi connectivity index (χ0v) is 9.20. The first-order valence-electron chi connectivity index (χ1n) is 5.45. The number of aryl methyl sites for hydroxylation is 1. The van der Waals surface area contributed by atoms with Crippen molar-refractivity contribution in [1.29, 1.82) is 0 Å². The highest BCUT2D eigenvalue weighted by atomic mass is 16.1. The van der Waals surface area contributed by atoms with Gasteiger partial charge in [-0.15, -0.1) is 0 Å². The summed E-state index contributed by atoms with van der Waals surface area (Å²) in [5, 5.41) is 0. The smallest absolute Gasteiger partial charge is 0.132 e. The maximum Gasteiger partial charge on any atom is 0.132 e. The molecule has 3 heteroatoms. The molecule has 1 heterocycles. The van der Waals surface area contributed by atoms with Crippen molar-refractivity contribution in [1.82, 2.24) is 4.98 Å². The van der Waals surface area contributed by atoms with Gasteiger partial charge >= 0.3 is 0 Å². The average molecular weight is 206 g/mol. The highest BCUT2D eigenvalue weighted by molar-refractivity contribution is 5.78. The summed E-state index contributed by atoms with van der Waals surface area (Å²) in [4.78, 5) is 15.3. The highest BCUT2D eigenvalue weighted by Gasteiger charge is 2.02. The van der Waals surface area contributed by atoms with Crippen molar-refractivity contribution in [2.75, 3.05) is 5.73 Å². The summed E-state index contributed by atoms with van der Waals surface area (Å²) in [7, 11) is 0. The van der Waals surface area contributed by atoms with E-state index in [9.17, 15) is 4.79 Å². The quantitative estimate of drug-likeness (QED) is 0.777.